The molecule has 1 unspecified atom stereocenters. The van der Waals surface area contributed by atoms with Crippen LogP contribution >= 0.6 is 15.9 Å². The van der Waals surface area contributed by atoms with Crippen molar-refractivity contribution < 1.29 is 19.1 Å². The summed E-state index contributed by atoms with van der Waals surface area (Å²) in [7, 11) is 0. The van der Waals surface area contributed by atoms with Gasteiger partial charge in [0.15, 0.2) is 10.4 Å². The average molecular weight is 338 g/mol. The van der Waals surface area contributed by atoms with Crippen LogP contribution in [0.4, 0.5) is 0 Å². The quantitative estimate of drug-likeness (QED) is 0.878. The number of carbonyl (C=O) groups excluding carboxylic acids is 1. The van der Waals surface area contributed by atoms with Crippen molar-refractivity contribution in [3.8, 4) is 0 Å². The first-order valence-electron chi connectivity index (χ1n) is 5.89. The Labute approximate surface area is 123 Å². The van der Waals surface area contributed by atoms with Crippen molar-refractivity contribution in [1.82, 2.24) is 5.32 Å². The molecule has 0 spiro atoms. The highest BCUT2D eigenvalue weighted by atomic mass is 79.9. The van der Waals surface area contributed by atoms with E-state index in [1.54, 1.807) is 36.4 Å². The van der Waals surface area contributed by atoms with E-state index >= 15 is 0 Å². The van der Waals surface area contributed by atoms with Gasteiger partial charge in [-0.1, -0.05) is 30.3 Å². The molecule has 0 aliphatic rings. The van der Waals surface area contributed by atoms with Crippen molar-refractivity contribution in [2.24, 2.45) is 0 Å². The average Bonchev–Trinajstić information content (AvgIpc) is 2.86. The van der Waals surface area contributed by atoms with Gasteiger partial charge in [-0.05, 0) is 33.6 Å². The van der Waals surface area contributed by atoms with Crippen molar-refractivity contribution in [2.75, 3.05) is 6.54 Å². The third kappa shape index (κ3) is 3.48. The first kappa shape index (κ1) is 14.3. The first-order valence-corrected chi connectivity index (χ1v) is 6.68. The standard InChI is InChI=1S/C14H12BrNO4/c15-12-7-6-11(20-12)13(17)16-8-10(14(18)19)9-4-2-1-3-5-9/h1-7,10H,8H2,(H,16,17)(H,18,19). The van der Waals surface area contributed by atoms with Gasteiger partial charge >= 0.3 is 5.97 Å². The molecule has 1 aromatic carbocycles. The molecule has 104 valence electrons. The van der Waals surface area contributed by atoms with Gasteiger partial charge in [0.25, 0.3) is 5.91 Å². The SMILES string of the molecule is O=C(NCC(C(=O)O)c1ccccc1)c1ccc(Br)o1. The molecule has 0 saturated heterocycles. The number of benzene rings is 1. The summed E-state index contributed by atoms with van der Waals surface area (Å²) in [6.07, 6.45) is 0. The number of aliphatic carboxylic acids is 1. The molecule has 2 rings (SSSR count). The van der Waals surface area contributed by atoms with E-state index < -0.39 is 17.8 Å². The van der Waals surface area contributed by atoms with Crippen LogP contribution in [0.25, 0.3) is 0 Å². The van der Waals surface area contributed by atoms with Crippen LogP contribution in [0, 0.1) is 0 Å². The van der Waals surface area contributed by atoms with Crippen LogP contribution in [0.1, 0.15) is 22.0 Å². The van der Waals surface area contributed by atoms with E-state index in [0.29, 0.717) is 10.2 Å². The van der Waals surface area contributed by atoms with E-state index in [1.807, 2.05) is 0 Å². The number of hydrogen-bond donors (Lipinski definition) is 2. The maximum Gasteiger partial charge on any atom is 0.312 e. The van der Waals surface area contributed by atoms with E-state index in [4.69, 9.17) is 4.42 Å². The van der Waals surface area contributed by atoms with Crippen molar-refractivity contribution in [3.05, 3.63) is 58.5 Å². The van der Waals surface area contributed by atoms with E-state index in [2.05, 4.69) is 21.2 Å². The Hall–Kier alpha value is -2.08. The van der Waals surface area contributed by atoms with E-state index in [-0.39, 0.29) is 12.3 Å². The number of halogens is 1. The fourth-order valence-electron chi connectivity index (χ4n) is 1.75. The minimum absolute atomic E-state index is 0.00347. The predicted molar refractivity (Wildman–Crippen MR) is 75.6 cm³/mol. The van der Waals surface area contributed by atoms with E-state index in [9.17, 15) is 14.7 Å². The maximum atomic E-state index is 11.8. The maximum absolute atomic E-state index is 11.8. The van der Waals surface area contributed by atoms with Crippen molar-refractivity contribution in [3.63, 3.8) is 0 Å². The van der Waals surface area contributed by atoms with Crippen LogP contribution in [0.5, 0.6) is 0 Å². The highest BCUT2D eigenvalue weighted by Crippen LogP contribution is 2.16. The summed E-state index contributed by atoms with van der Waals surface area (Å²) in [5.41, 5.74) is 0.640. The van der Waals surface area contributed by atoms with Gasteiger partial charge in [0.05, 0.1) is 5.92 Å². The molecule has 1 atom stereocenters. The first-order chi connectivity index (χ1) is 9.58. The number of carbonyl (C=O) groups is 2. The topological polar surface area (TPSA) is 79.5 Å². The number of hydrogen-bond acceptors (Lipinski definition) is 3. The molecule has 0 saturated carbocycles. The lowest BCUT2D eigenvalue weighted by Gasteiger charge is -2.13. The smallest absolute Gasteiger partial charge is 0.312 e. The van der Waals surface area contributed by atoms with Crippen LogP contribution in [-0.2, 0) is 4.79 Å². The van der Waals surface area contributed by atoms with Gasteiger partial charge < -0.3 is 14.8 Å². The molecule has 2 N–H and O–H groups in total. The molecule has 0 radical (unpaired) electrons. The molecular formula is C14H12BrNO4. The fraction of sp³-hybridized carbons (Fsp3) is 0.143. The summed E-state index contributed by atoms with van der Waals surface area (Å²) in [6.45, 7) is -0.00347. The molecular weight excluding hydrogens is 326 g/mol. The molecule has 0 aliphatic carbocycles. The molecule has 0 aliphatic heterocycles. The number of amides is 1. The number of furan rings is 1. The molecule has 1 aromatic heterocycles. The third-order valence-electron chi connectivity index (χ3n) is 2.76. The fourth-order valence-corrected chi connectivity index (χ4v) is 2.06. The summed E-state index contributed by atoms with van der Waals surface area (Å²) in [5, 5.41) is 11.8. The predicted octanol–water partition coefficient (Wildman–Crippen LogP) is 2.64. The van der Waals surface area contributed by atoms with E-state index in [1.165, 1.54) is 6.07 Å². The Kier molecular flexibility index (Phi) is 4.57. The number of carboxylic acids is 1. The molecule has 20 heavy (non-hydrogen) atoms. The summed E-state index contributed by atoms with van der Waals surface area (Å²) in [4.78, 5) is 23.1. The van der Waals surface area contributed by atoms with E-state index in [0.717, 1.165) is 0 Å². The lowest BCUT2D eigenvalue weighted by atomic mass is 9.99. The second-order valence-electron chi connectivity index (χ2n) is 4.12. The van der Waals surface area contributed by atoms with Gasteiger partial charge in [-0.25, -0.2) is 0 Å². The van der Waals surface area contributed by atoms with Crippen LogP contribution in [-0.4, -0.2) is 23.5 Å². The van der Waals surface area contributed by atoms with Gasteiger partial charge in [-0.2, -0.15) is 0 Å². The highest BCUT2D eigenvalue weighted by molar-refractivity contribution is 9.10. The zero-order chi connectivity index (χ0) is 14.5. The minimum Gasteiger partial charge on any atom is -0.481 e. The van der Waals surface area contributed by atoms with Gasteiger partial charge in [0, 0.05) is 6.54 Å². The number of rotatable bonds is 5. The van der Waals surface area contributed by atoms with Gasteiger partial charge in [-0.15, -0.1) is 0 Å². The van der Waals surface area contributed by atoms with Crippen LogP contribution in [0.2, 0.25) is 0 Å². The Morgan fingerprint density at radius 3 is 2.45 bits per heavy atom. The van der Waals surface area contributed by atoms with Crippen LogP contribution < -0.4 is 5.32 Å². The third-order valence-corrected chi connectivity index (χ3v) is 3.19. The Balaban J connectivity index is 2.03. The monoisotopic (exact) mass is 337 g/mol. The molecule has 0 fully saturated rings. The lowest BCUT2D eigenvalue weighted by Crippen LogP contribution is -2.31. The number of carboxylic acid groups (broad SMARTS) is 1. The zero-order valence-electron chi connectivity index (χ0n) is 10.4. The number of nitrogens with one attached hydrogen (secondary N) is 1. The normalized spacial score (nSPS) is 11.8. The van der Waals surface area contributed by atoms with Crippen LogP contribution in [0.15, 0.2) is 51.6 Å². The Bertz CT molecular complexity index is 609. The van der Waals surface area contributed by atoms with Gasteiger partial charge in [0.1, 0.15) is 0 Å². The summed E-state index contributed by atoms with van der Waals surface area (Å²) in [5.74, 6) is -2.09. The summed E-state index contributed by atoms with van der Waals surface area (Å²) in [6, 6.07) is 11.9. The molecule has 0 bridgehead atoms. The zero-order valence-corrected chi connectivity index (χ0v) is 12.0. The second-order valence-corrected chi connectivity index (χ2v) is 4.90. The molecule has 6 heteroatoms. The minimum atomic E-state index is -0.989. The van der Waals surface area contributed by atoms with Crippen molar-refractivity contribution in [1.29, 1.82) is 0 Å². The summed E-state index contributed by atoms with van der Waals surface area (Å²) < 4.78 is 5.55. The van der Waals surface area contributed by atoms with Crippen molar-refractivity contribution in [2.45, 2.75) is 5.92 Å². The lowest BCUT2D eigenvalue weighted by molar-refractivity contribution is -0.138. The van der Waals surface area contributed by atoms with Crippen LogP contribution in [0.3, 0.4) is 0 Å². The summed E-state index contributed by atoms with van der Waals surface area (Å²) >= 11 is 3.10. The Morgan fingerprint density at radius 2 is 1.90 bits per heavy atom. The largest absolute Gasteiger partial charge is 0.481 e. The second kappa shape index (κ2) is 6.38. The van der Waals surface area contributed by atoms with Gasteiger partial charge in [0.2, 0.25) is 0 Å². The molecule has 5 nitrogen and oxygen atoms in total. The molecule has 1 heterocycles. The Morgan fingerprint density at radius 1 is 1.20 bits per heavy atom. The highest BCUT2D eigenvalue weighted by Gasteiger charge is 2.21. The molecule has 1 amide bonds. The molecule has 2 aromatic rings. The van der Waals surface area contributed by atoms with Crippen molar-refractivity contribution >= 4 is 27.8 Å². The van der Waals surface area contributed by atoms with Gasteiger partial charge in [-0.3, -0.25) is 9.59 Å².